The van der Waals surface area contributed by atoms with Crippen molar-refractivity contribution >= 4 is 23.4 Å². The summed E-state index contributed by atoms with van der Waals surface area (Å²) >= 11 is 1.26. The van der Waals surface area contributed by atoms with E-state index in [1.165, 1.54) is 22.8 Å². The Morgan fingerprint density at radius 2 is 2.00 bits per heavy atom. The fourth-order valence-electron chi connectivity index (χ4n) is 2.04. The van der Waals surface area contributed by atoms with E-state index in [1.807, 2.05) is 18.2 Å². The fraction of sp³-hybridized carbons (Fsp3) is 0.357. The number of hydrogen-bond donors (Lipinski definition) is 2. The van der Waals surface area contributed by atoms with Gasteiger partial charge in [-0.05, 0) is 24.0 Å². The lowest BCUT2D eigenvalue weighted by molar-refractivity contribution is -0.113. The molecule has 1 aromatic heterocycles. The van der Waals surface area contributed by atoms with Crippen molar-refractivity contribution < 1.29 is 4.79 Å². The Balaban J connectivity index is 2.04. The SMILES string of the molecule is CCc1cccc(CC)c1NC(=O)CSc1nncn1N. The summed E-state index contributed by atoms with van der Waals surface area (Å²) in [5.41, 5.74) is 3.23. The van der Waals surface area contributed by atoms with Gasteiger partial charge in [-0.1, -0.05) is 43.8 Å². The maximum Gasteiger partial charge on any atom is 0.234 e. The second-order valence-electron chi connectivity index (χ2n) is 4.52. The van der Waals surface area contributed by atoms with Gasteiger partial charge in [0.2, 0.25) is 11.1 Å². The number of para-hydroxylation sites is 1. The molecule has 0 unspecified atom stereocenters. The van der Waals surface area contributed by atoms with Gasteiger partial charge in [-0.3, -0.25) is 4.79 Å². The lowest BCUT2D eigenvalue weighted by Gasteiger charge is -2.14. The molecule has 0 radical (unpaired) electrons. The topological polar surface area (TPSA) is 85.8 Å². The zero-order valence-corrected chi connectivity index (χ0v) is 13.0. The van der Waals surface area contributed by atoms with Crippen LogP contribution in [-0.4, -0.2) is 26.5 Å². The van der Waals surface area contributed by atoms with Crippen LogP contribution in [0, 0.1) is 0 Å². The van der Waals surface area contributed by atoms with Gasteiger partial charge in [-0.2, -0.15) is 0 Å². The van der Waals surface area contributed by atoms with Crippen molar-refractivity contribution in [1.82, 2.24) is 14.9 Å². The van der Waals surface area contributed by atoms with Crippen molar-refractivity contribution in [2.24, 2.45) is 0 Å². The van der Waals surface area contributed by atoms with Crippen molar-refractivity contribution in [1.29, 1.82) is 0 Å². The highest BCUT2D eigenvalue weighted by molar-refractivity contribution is 7.99. The van der Waals surface area contributed by atoms with Crippen LogP contribution in [0.4, 0.5) is 5.69 Å². The Bertz CT molecular complexity index is 603. The molecule has 6 nitrogen and oxygen atoms in total. The average molecular weight is 305 g/mol. The van der Waals surface area contributed by atoms with E-state index >= 15 is 0 Å². The number of aromatic nitrogens is 3. The smallest absolute Gasteiger partial charge is 0.234 e. The molecule has 0 aliphatic heterocycles. The standard InChI is InChI=1S/C14H19N5OS/c1-3-10-6-5-7-11(4-2)13(10)17-12(20)8-21-14-18-16-9-19(14)15/h5-7,9H,3-4,8,15H2,1-2H3,(H,17,20). The van der Waals surface area contributed by atoms with E-state index in [4.69, 9.17) is 5.84 Å². The summed E-state index contributed by atoms with van der Waals surface area (Å²) in [4.78, 5) is 12.1. The van der Waals surface area contributed by atoms with Crippen LogP contribution >= 0.6 is 11.8 Å². The Hall–Kier alpha value is -2.02. The molecule has 3 N–H and O–H groups in total. The summed E-state index contributed by atoms with van der Waals surface area (Å²) in [5, 5.41) is 11.0. The minimum atomic E-state index is -0.0707. The summed E-state index contributed by atoms with van der Waals surface area (Å²) in [5.74, 6) is 5.79. The molecule has 1 aromatic carbocycles. The molecule has 7 heteroatoms. The molecule has 21 heavy (non-hydrogen) atoms. The Morgan fingerprint density at radius 3 is 2.52 bits per heavy atom. The minimum absolute atomic E-state index is 0.0707. The van der Waals surface area contributed by atoms with Crippen molar-refractivity contribution in [2.75, 3.05) is 16.9 Å². The zero-order valence-electron chi connectivity index (χ0n) is 12.2. The number of rotatable bonds is 6. The molecule has 2 rings (SSSR count). The lowest BCUT2D eigenvalue weighted by Crippen LogP contribution is -2.17. The van der Waals surface area contributed by atoms with Crippen LogP contribution in [0.1, 0.15) is 25.0 Å². The number of nitrogens with two attached hydrogens (primary N) is 1. The maximum atomic E-state index is 12.1. The van der Waals surface area contributed by atoms with Gasteiger partial charge in [0.1, 0.15) is 6.33 Å². The first-order chi connectivity index (χ1) is 10.2. The van der Waals surface area contributed by atoms with Gasteiger partial charge in [0, 0.05) is 5.69 Å². The summed E-state index contributed by atoms with van der Waals surface area (Å²) in [6.45, 7) is 4.16. The maximum absolute atomic E-state index is 12.1. The Labute approximate surface area is 128 Å². The second kappa shape index (κ2) is 7.12. The van der Waals surface area contributed by atoms with Gasteiger partial charge in [0.25, 0.3) is 0 Å². The van der Waals surface area contributed by atoms with Crippen molar-refractivity contribution in [3.8, 4) is 0 Å². The normalized spacial score (nSPS) is 10.6. The molecule has 0 fully saturated rings. The highest BCUT2D eigenvalue weighted by Crippen LogP contribution is 2.23. The molecule has 0 saturated heterocycles. The van der Waals surface area contributed by atoms with E-state index in [-0.39, 0.29) is 11.7 Å². The van der Waals surface area contributed by atoms with Crippen LogP contribution in [0.15, 0.2) is 29.7 Å². The Morgan fingerprint density at radius 1 is 1.33 bits per heavy atom. The third-order valence-corrected chi connectivity index (χ3v) is 4.09. The number of carbonyl (C=O) groups excluding carboxylic acids is 1. The zero-order chi connectivity index (χ0) is 15.2. The first-order valence-corrected chi connectivity index (χ1v) is 7.82. The third kappa shape index (κ3) is 3.75. The first kappa shape index (κ1) is 15.4. The van der Waals surface area contributed by atoms with Crippen molar-refractivity contribution in [3.05, 3.63) is 35.7 Å². The number of carbonyl (C=O) groups is 1. The molecule has 0 spiro atoms. The molecular weight excluding hydrogens is 286 g/mol. The number of amides is 1. The summed E-state index contributed by atoms with van der Waals surface area (Å²) in [6, 6.07) is 6.11. The van der Waals surface area contributed by atoms with Crippen molar-refractivity contribution in [2.45, 2.75) is 31.8 Å². The molecule has 1 heterocycles. The van der Waals surface area contributed by atoms with Crippen LogP contribution in [0.5, 0.6) is 0 Å². The van der Waals surface area contributed by atoms with Gasteiger partial charge in [0.05, 0.1) is 5.75 Å². The van der Waals surface area contributed by atoms with Gasteiger partial charge >= 0.3 is 0 Å². The molecule has 0 aliphatic carbocycles. The number of nitrogens with zero attached hydrogens (tertiary/aromatic N) is 3. The quantitative estimate of drug-likeness (QED) is 0.628. The van der Waals surface area contributed by atoms with E-state index in [0.29, 0.717) is 5.16 Å². The van der Waals surface area contributed by atoms with E-state index in [9.17, 15) is 4.79 Å². The van der Waals surface area contributed by atoms with Gasteiger partial charge in [-0.15, -0.1) is 10.2 Å². The molecule has 0 atom stereocenters. The number of nitrogen functional groups attached to an aromatic ring is 1. The monoisotopic (exact) mass is 305 g/mol. The van der Waals surface area contributed by atoms with E-state index in [2.05, 4.69) is 29.4 Å². The molecule has 0 aliphatic rings. The van der Waals surface area contributed by atoms with E-state index in [0.717, 1.165) is 29.7 Å². The number of benzene rings is 1. The number of aryl methyl sites for hydroxylation is 2. The van der Waals surface area contributed by atoms with Gasteiger partial charge < -0.3 is 11.2 Å². The molecule has 0 saturated carbocycles. The van der Waals surface area contributed by atoms with Crippen molar-refractivity contribution in [3.63, 3.8) is 0 Å². The minimum Gasteiger partial charge on any atom is -0.336 e. The van der Waals surface area contributed by atoms with Crippen LogP contribution < -0.4 is 11.2 Å². The molecule has 0 bridgehead atoms. The highest BCUT2D eigenvalue weighted by atomic mass is 32.2. The highest BCUT2D eigenvalue weighted by Gasteiger charge is 2.11. The van der Waals surface area contributed by atoms with E-state index in [1.54, 1.807) is 0 Å². The van der Waals surface area contributed by atoms with E-state index < -0.39 is 0 Å². The van der Waals surface area contributed by atoms with Gasteiger partial charge in [-0.25, -0.2) is 4.68 Å². The number of anilines is 1. The predicted octanol–water partition coefficient (Wildman–Crippen LogP) is 1.85. The second-order valence-corrected chi connectivity index (χ2v) is 5.46. The van der Waals surface area contributed by atoms with Crippen LogP contribution in [0.2, 0.25) is 0 Å². The van der Waals surface area contributed by atoms with Crippen LogP contribution in [-0.2, 0) is 17.6 Å². The summed E-state index contributed by atoms with van der Waals surface area (Å²) in [7, 11) is 0. The van der Waals surface area contributed by atoms with Gasteiger partial charge in [0.15, 0.2) is 0 Å². The van der Waals surface area contributed by atoms with Crippen LogP contribution in [0.3, 0.4) is 0 Å². The molecule has 1 amide bonds. The lowest BCUT2D eigenvalue weighted by atomic mass is 10.0. The fourth-order valence-corrected chi connectivity index (χ4v) is 2.68. The number of nitrogens with one attached hydrogen (secondary N) is 1. The summed E-state index contributed by atoms with van der Waals surface area (Å²) < 4.78 is 1.30. The summed E-state index contributed by atoms with van der Waals surface area (Å²) in [6.07, 6.45) is 3.17. The largest absolute Gasteiger partial charge is 0.336 e. The number of hydrogen-bond acceptors (Lipinski definition) is 5. The Kier molecular flexibility index (Phi) is 5.21. The average Bonchev–Trinajstić information content (AvgIpc) is 2.90. The molecule has 2 aromatic rings. The third-order valence-electron chi connectivity index (χ3n) is 3.14. The number of thioether (sulfide) groups is 1. The molecule has 112 valence electrons. The molecular formula is C14H19N5OS. The first-order valence-electron chi connectivity index (χ1n) is 6.84. The predicted molar refractivity (Wildman–Crippen MR) is 84.7 cm³/mol. The van der Waals surface area contributed by atoms with Crippen LogP contribution in [0.25, 0.3) is 0 Å².